The Balaban J connectivity index is 3.57. The molecule has 59 heavy (non-hydrogen) atoms. The van der Waals surface area contributed by atoms with Crippen molar-refractivity contribution in [2.45, 2.75) is 264 Å². The standard InChI is InChI=1S/C53H97NO5/c1-3-5-7-9-11-13-15-17-19-20-21-22-23-25-27-31-35-39-43-47-53(58)59-48-44-40-36-32-28-30-34-38-42-46-52(57)54-50(49-55)51(56)45-41-37-33-29-26-24-18-16-14-12-10-8-6-4-2/h11,13,17,19,30,34,41,45,50-51,55-56H,3-10,12,14-16,18,20-29,31-33,35-40,42-44,46-49H2,1-2H3,(H,54,57)/b13-11-,19-17-,34-30-,45-41+. The number of aliphatic hydroxyl groups excluding tert-OH is 2. The van der Waals surface area contributed by atoms with Crippen LogP contribution in [0.15, 0.2) is 48.6 Å². The first-order valence-corrected chi connectivity index (χ1v) is 25.4. The zero-order valence-electron chi connectivity index (χ0n) is 39.0. The fourth-order valence-electron chi connectivity index (χ4n) is 7.37. The van der Waals surface area contributed by atoms with Gasteiger partial charge in [-0.3, -0.25) is 9.59 Å². The maximum Gasteiger partial charge on any atom is 0.305 e. The van der Waals surface area contributed by atoms with Gasteiger partial charge in [0.2, 0.25) is 5.91 Å². The van der Waals surface area contributed by atoms with Crippen molar-refractivity contribution < 1.29 is 24.5 Å². The fourth-order valence-corrected chi connectivity index (χ4v) is 7.37. The fraction of sp³-hybridized carbons (Fsp3) is 0.811. The molecule has 0 aliphatic rings. The van der Waals surface area contributed by atoms with Gasteiger partial charge in [0.15, 0.2) is 0 Å². The van der Waals surface area contributed by atoms with E-state index in [0.717, 1.165) is 77.0 Å². The van der Waals surface area contributed by atoms with Crippen LogP contribution in [0.3, 0.4) is 0 Å². The third-order valence-electron chi connectivity index (χ3n) is 11.3. The number of esters is 1. The zero-order valence-corrected chi connectivity index (χ0v) is 39.0. The number of hydrogen-bond acceptors (Lipinski definition) is 5. The first kappa shape index (κ1) is 56.8. The van der Waals surface area contributed by atoms with Crippen molar-refractivity contribution in [2.75, 3.05) is 13.2 Å². The van der Waals surface area contributed by atoms with Crippen molar-refractivity contribution in [3.63, 3.8) is 0 Å². The monoisotopic (exact) mass is 828 g/mol. The molecule has 0 aliphatic heterocycles. The smallest absolute Gasteiger partial charge is 0.305 e. The van der Waals surface area contributed by atoms with E-state index in [1.165, 1.54) is 148 Å². The van der Waals surface area contributed by atoms with E-state index >= 15 is 0 Å². The second-order valence-electron chi connectivity index (χ2n) is 17.1. The van der Waals surface area contributed by atoms with Crippen molar-refractivity contribution in [1.29, 1.82) is 0 Å². The lowest BCUT2D eigenvalue weighted by Gasteiger charge is -2.19. The Bertz CT molecular complexity index is 1000. The molecule has 0 saturated heterocycles. The van der Waals surface area contributed by atoms with Gasteiger partial charge in [0.05, 0.1) is 25.4 Å². The van der Waals surface area contributed by atoms with Crippen molar-refractivity contribution in [2.24, 2.45) is 0 Å². The van der Waals surface area contributed by atoms with E-state index in [1.807, 2.05) is 6.08 Å². The molecule has 2 atom stereocenters. The van der Waals surface area contributed by atoms with Crippen LogP contribution in [-0.2, 0) is 14.3 Å². The minimum atomic E-state index is -0.876. The van der Waals surface area contributed by atoms with Gasteiger partial charge in [-0.15, -0.1) is 0 Å². The summed E-state index contributed by atoms with van der Waals surface area (Å²) in [5, 5.41) is 23.0. The van der Waals surface area contributed by atoms with Crippen LogP contribution >= 0.6 is 0 Å². The molecule has 0 heterocycles. The topological polar surface area (TPSA) is 95.9 Å². The molecule has 0 aromatic rings. The van der Waals surface area contributed by atoms with Gasteiger partial charge in [-0.1, -0.05) is 204 Å². The molecule has 0 radical (unpaired) electrons. The number of hydrogen-bond donors (Lipinski definition) is 3. The van der Waals surface area contributed by atoms with Gasteiger partial charge in [-0.25, -0.2) is 0 Å². The molecule has 0 aromatic carbocycles. The quantitative estimate of drug-likeness (QED) is 0.0323. The summed E-state index contributed by atoms with van der Waals surface area (Å²) in [5.74, 6) is -0.173. The number of rotatable bonds is 46. The molecule has 6 nitrogen and oxygen atoms in total. The highest BCUT2D eigenvalue weighted by atomic mass is 16.5. The Morgan fingerprint density at radius 2 is 0.864 bits per heavy atom. The Labute approximate surface area is 366 Å². The van der Waals surface area contributed by atoms with Crippen LogP contribution in [0.25, 0.3) is 0 Å². The Morgan fingerprint density at radius 1 is 0.475 bits per heavy atom. The molecular weight excluding hydrogens is 731 g/mol. The molecule has 344 valence electrons. The van der Waals surface area contributed by atoms with Gasteiger partial charge < -0.3 is 20.3 Å². The average molecular weight is 828 g/mol. The van der Waals surface area contributed by atoms with E-state index in [1.54, 1.807) is 6.08 Å². The van der Waals surface area contributed by atoms with Gasteiger partial charge in [0.25, 0.3) is 0 Å². The highest BCUT2D eigenvalue weighted by molar-refractivity contribution is 5.76. The summed E-state index contributed by atoms with van der Waals surface area (Å²) in [6.07, 6.45) is 59.7. The van der Waals surface area contributed by atoms with E-state index in [0.29, 0.717) is 19.4 Å². The summed E-state index contributed by atoms with van der Waals surface area (Å²) < 4.78 is 5.44. The number of unbranched alkanes of at least 4 members (excludes halogenated alkanes) is 29. The average Bonchev–Trinajstić information content (AvgIpc) is 3.24. The normalized spacial score (nSPS) is 13.1. The van der Waals surface area contributed by atoms with Gasteiger partial charge in [0.1, 0.15) is 0 Å². The van der Waals surface area contributed by atoms with E-state index in [4.69, 9.17) is 4.74 Å². The number of nitrogens with one attached hydrogen (secondary N) is 1. The third kappa shape index (κ3) is 45.2. The summed E-state index contributed by atoms with van der Waals surface area (Å²) in [7, 11) is 0. The molecule has 3 N–H and O–H groups in total. The van der Waals surface area contributed by atoms with E-state index in [-0.39, 0.29) is 18.5 Å². The summed E-state index contributed by atoms with van der Waals surface area (Å²) in [5.41, 5.74) is 0. The van der Waals surface area contributed by atoms with Crippen molar-refractivity contribution in [3.8, 4) is 0 Å². The largest absolute Gasteiger partial charge is 0.466 e. The van der Waals surface area contributed by atoms with E-state index in [2.05, 4.69) is 55.6 Å². The Hall–Kier alpha value is -2.18. The third-order valence-corrected chi connectivity index (χ3v) is 11.3. The molecule has 6 heteroatoms. The van der Waals surface area contributed by atoms with Gasteiger partial charge in [0, 0.05) is 12.8 Å². The first-order valence-electron chi connectivity index (χ1n) is 25.4. The van der Waals surface area contributed by atoms with Crippen LogP contribution in [0.1, 0.15) is 251 Å². The maximum atomic E-state index is 12.4. The maximum absolute atomic E-state index is 12.4. The number of ether oxygens (including phenoxy) is 1. The predicted molar refractivity (Wildman–Crippen MR) is 255 cm³/mol. The number of carbonyl (C=O) groups excluding carboxylic acids is 2. The molecule has 0 rings (SSSR count). The number of amides is 1. The Morgan fingerprint density at radius 3 is 1.37 bits per heavy atom. The summed E-state index contributed by atoms with van der Waals surface area (Å²) in [6, 6.07) is -0.666. The number of aliphatic hydroxyl groups is 2. The van der Waals surface area contributed by atoms with Crippen molar-refractivity contribution in [1.82, 2.24) is 5.32 Å². The van der Waals surface area contributed by atoms with E-state index in [9.17, 15) is 19.8 Å². The van der Waals surface area contributed by atoms with Crippen LogP contribution in [0.5, 0.6) is 0 Å². The molecule has 0 spiro atoms. The summed E-state index contributed by atoms with van der Waals surface area (Å²) in [4.78, 5) is 24.4. The van der Waals surface area contributed by atoms with Crippen molar-refractivity contribution >= 4 is 11.9 Å². The minimum Gasteiger partial charge on any atom is -0.466 e. The lowest BCUT2D eigenvalue weighted by atomic mass is 10.0. The second-order valence-corrected chi connectivity index (χ2v) is 17.1. The lowest BCUT2D eigenvalue weighted by molar-refractivity contribution is -0.143. The van der Waals surface area contributed by atoms with Crippen LogP contribution in [0, 0.1) is 0 Å². The molecule has 0 aromatic heterocycles. The Kier molecular flexibility index (Phi) is 46.7. The summed E-state index contributed by atoms with van der Waals surface area (Å²) >= 11 is 0. The predicted octanol–water partition coefficient (Wildman–Crippen LogP) is 15.1. The zero-order chi connectivity index (χ0) is 43.0. The number of carbonyl (C=O) groups is 2. The lowest BCUT2D eigenvalue weighted by Crippen LogP contribution is -2.45. The van der Waals surface area contributed by atoms with Crippen LogP contribution < -0.4 is 5.32 Å². The molecule has 0 fully saturated rings. The van der Waals surface area contributed by atoms with Gasteiger partial charge in [-0.2, -0.15) is 0 Å². The molecule has 0 saturated carbocycles. The van der Waals surface area contributed by atoms with Crippen LogP contribution in [0.4, 0.5) is 0 Å². The van der Waals surface area contributed by atoms with E-state index < -0.39 is 12.1 Å². The SMILES string of the molecule is CCCCC/C=C\C/C=C\CCCCCCCCCCCC(=O)OCCCCCC/C=C\CCCC(=O)NC(CO)C(O)/C=C/CCCCCCCCCCCCCC. The van der Waals surface area contributed by atoms with Crippen LogP contribution in [0.2, 0.25) is 0 Å². The number of allylic oxidation sites excluding steroid dienone is 7. The first-order chi connectivity index (χ1) is 29.0. The molecule has 2 unspecified atom stereocenters. The molecule has 0 aliphatic carbocycles. The van der Waals surface area contributed by atoms with Gasteiger partial charge in [-0.05, 0) is 83.5 Å². The highest BCUT2D eigenvalue weighted by Gasteiger charge is 2.17. The molecule has 0 bridgehead atoms. The minimum absolute atomic E-state index is 0.0428. The molecule has 1 amide bonds. The molecular formula is C53H97NO5. The van der Waals surface area contributed by atoms with Crippen molar-refractivity contribution in [3.05, 3.63) is 48.6 Å². The van der Waals surface area contributed by atoms with Gasteiger partial charge >= 0.3 is 5.97 Å². The van der Waals surface area contributed by atoms with Crippen LogP contribution in [-0.4, -0.2) is 47.4 Å². The highest BCUT2D eigenvalue weighted by Crippen LogP contribution is 2.14. The second kappa shape index (κ2) is 48.5. The summed E-state index contributed by atoms with van der Waals surface area (Å²) in [6.45, 7) is 4.77.